The molecule has 17 heavy (non-hydrogen) atoms. The summed E-state index contributed by atoms with van der Waals surface area (Å²) in [6, 6.07) is 6.02. The molecule has 4 heteroatoms. The molecule has 0 saturated heterocycles. The Labute approximate surface area is 110 Å². The largest absolute Gasteiger partial charge is 0.308 e. The number of hydrogen-bond donors (Lipinski definition) is 1. The summed E-state index contributed by atoms with van der Waals surface area (Å²) in [4.78, 5) is 0. The van der Waals surface area contributed by atoms with Crippen LogP contribution in [0.15, 0.2) is 22.7 Å². The van der Waals surface area contributed by atoms with Crippen molar-refractivity contribution in [3.05, 3.63) is 33.8 Å². The molecule has 0 heterocycles. The molecule has 0 radical (unpaired) electrons. The van der Waals surface area contributed by atoms with E-state index in [9.17, 15) is 8.78 Å². The van der Waals surface area contributed by atoms with Crippen molar-refractivity contribution >= 4 is 15.9 Å². The number of hydrogen-bond acceptors (Lipinski definition) is 1. The second-order valence-corrected chi connectivity index (χ2v) is 5.43. The fraction of sp³-hybridized carbons (Fsp3) is 0.538. The van der Waals surface area contributed by atoms with Crippen LogP contribution >= 0.6 is 15.9 Å². The molecule has 0 saturated carbocycles. The minimum Gasteiger partial charge on any atom is -0.308 e. The van der Waals surface area contributed by atoms with Gasteiger partial charge >= 0.3 is 0 Å². The summed E-state index contributed by atoms with van der Waals surface area (Å²) in [7, 11) is 0. The fourth-order valence-corrected chi connectivity index (χ4v) is 2.04. The van der Waals surface area contributed by atoms with Crippen LogP contribution in [0.4, 0.5) is 8.78 Å². The molecule has 1 rings (SSSR count). The summed E-state index contributed by atoms with van der Waals surface area (Å²) in [6.45, 7) is 4.60. The lowest BCUT2D eigenvalue weighted by atomic mass is 10.0. The van der Waals surface area contributed by atoms with Crippen LogP contribution in [0.25, 0.3) is 0 Å². The van der Waals surface area contributed by atoms with Gasteiger partial charge in [0.25, 0.3) is 5.92 Å². The lowest BCUT2D eigenvalue weighted by Crippen LogP contribution is -2.37. The van der Waals surface area contributed by atoms with Crippen LogP contribution in [-0.4, -0.2) is 18.5 Å². The van der Waals surface area contributed by atoms with Crippen molar-refractivity contribution in [1.29, 1.82) is 0 Å². The van der Waals surface area contributed by atoms with E-state index in [2.05, 4.69) is 21.2 Å². The molecule has 0 aliphatic rings. The molecule has 0 fully saturated rings. The SMILES string of the molecule is Cc1c(Br)cccc1C[C@@H](C)NCC(C)(F)F. The molecular formula is C13H18BrF2N. The molecule has 1 nitrogen and oxygen atoms in total. The molecule has 1 aromatic carbocycles. The van der Waals surface area contributed by atoms with E-state index in [0.29, 0.717) is 0 Å². The number of benzene rings is 1. The van der Waals surface area contributed by atoms with Crippen LogP contribution in [-0.2, 0) is 6.42 Å². The van der Waals surface area contributed by atoms with Gasteiger partial charge in [0.1, 0.15) is 0 Å². The minimum absolute atomic E-state index is 0.0359. The highest BCUT2D eigenvalue weighted by molar-refractivity contribution is 9.10. The first-order valence-electron chi connectivity index (χ1n) is 5.65. The molecule has 0 aromatic heterocycles. The fourth-order valence-electron chi connectivity index (χ4n) is 1.63. The smallest absolute Gasteiger partial charge is 0.257 e. The topological polar surface area (TPSA) is 12.0 Å². The van der Waals surface area contributed by atoms with Gasteiger partial charge in [0.2, 0.25) is 0 Å². The number of alkyl halides is 2. The summed E-state index contributed by atoms with van der Waals surface area (Å²) in [5.74, 6) is -2.65. The van der Waals surface area contributed by atoms with Crippen molar-refractivity contribution in [3.8, 4) is 0 Å². The quantitative estimate of drug-likeness (QED) is 0.869. The van der Waals surface area contributed by atoms with E-state index in [1.54, 1.807) is 0 Å². The predicted molar refractivity (Wildman–Crippen MR) is 70.7 cm³/mol. The van der Waals surface area contributed by atoms with Gasteiger partial charge in [-0.1, -0.05) is 28.1 Å². The highest BCUT2D eigenvalue weighted by atomic mass is 79.9. The highest BCUT2D eigenvalue weighted by Crippen LogP contribution is 2.20. The van der Waals surface area contributed by atoms with E-state index in [1.165, 1.54) is 11.1 Å². The maximum atomic E-state index is 12.7. The Hall–Kier alpha value is -0.480. The minimum atomic E-state index is -2.65. The van der Waals surface area contributed by atoms with Gasteiger partial charge in [0.05, 0.1) is 6.54 Å². The van der Waals surface area contributed by atoms with Gasteiger partial charge in [-0.25, -0.2) is 8.78 Å². The third-order valence-corrected chi connectivity index (χ3v) is 3.53. The van der Waals surface area contributed by atoms with Crippen molar-refractivity contribution < 1.29 is 8.78 Å². The molecule has 96 valence electrons. The number of nitrogens with one attached hydrogen (secondary N) is 1. The van der Waals surface area contributed by atoms with Crippen LogP contribution in [0.2, 0.25) is 0 Å². The predicted octanol–water partition coefficient (Wildman–Crippen LogP) is 3.93. The molecule has 1 N–H and O–H groups in total. The maximum Gasteiger partial charge on any atom is 0.257 e. The van der Waals surface area contributed by atoms with Crippen LogP contribution in [0, 0.1) is 6.92 Å². The van der Waals surface area contributed by atoms with E-state index in [1.807, 2.05) is 32.0 Å². The van der Waals surface area contributed by atoms with E-state index in [0.717, 1.165) is 17.8 Å². The number of rotatable bonds is 5. The van der Waals surface area contributed by atoms with Crippen molar-refractivity contribution in [3.63, 3.8) is 0 Å². The Bertz CT molecular complexity index is 374. The van der Waals surface area contributed by atoms with E-state index in [-0.39, 0.29) is 12.6 Å². The zero-order valence-corrected chi connectivity index (χ0v) is 11.9. The Morgan fingerprint density at radius 2 is 2.06 bits per heavy atom. The third kappa shape index (κ3) is 5.13. The second-order valence-electron chi connectivity index (χ2n) is 4.58. The number of halogens is 3. The molecule has 1 atom stereocenters. The Kier molecular flexibility index (Phi) is 5.07. The zero-order valence-electron chi connectivity index (χ0n) is 10.4. The summed E-state index contributed by atoms with van der Waals surface area (Å²) in [5, 5.41) is 2.85. The second kappa shape index (κ2) is 5.91. The summed E-state index contributed by atoms with van der Waals surface area (Å²) in [6.07, 6.45) is 0.751. The Balaban J connectivity index is 2.56. The van der Waals surface area contributed by atoms with Crippen molar-refractivity contribution in [1.82, 2.24) is 5.32 Å². The van der Waals surface area contributed by atoms with Gasteiger partial charge in [0.15, 0.2) is 0 Å². The van der Waals surface area contributed by atoms with Crippen LogP contribution in [0.5, 0.6) is 0 Å². The monoisotopic (exact) mass is 305 g/mol. The first-order chi connectivity index (χ1) is 7.79. The zero-order chi connectivity index (χ0) is 13.1. The summed E-state index contributed by atoms with van der Waals surface area (Å²) >= 11 is 3.47. The Morgan fingerprint density at radius 3 is 2.65 bits per heavy atom. The summed E-state index contributed by atoms with van der Waals surface area (Å²) in [5.41, 5.74) is 2.35. The summed E-state index contributed by atoms with van der Waals surface area (Å²) < 4.78 is 26.4. The average Bonchev–Trinajstić information content (AvgIpc) is 2.21. The highest BCUT2D eigenvalue weighted by Gasteiger charge is 2.21. The first-order valence-corrected chi connectivity index (χ1v) is 6.44. The van der Waals surface area contributed by atoms with Crippen LogP contribution in [0.3, 0.4) is 0 Å². The molecule has 0 amide bonds. The van der Waals surface area contributed by atoms with Gasteiger partial charge in [-0.3, -0.25) is 0 Å². The van der Waals surface area contributed by atoms with E-state index >= 15 is 0 Å². The van der Waals surface area contributed by atoms with Crippen molar-refractivity contribution in [2.75, 3.05) is 6.54 Å². The molecule has 0 aliphatic carbocycles. The van der Waals surface area contributed by atoms with Crippen LogP contribution in [0.1, 0.15) is 25.0 Å². The van der Waals surface area contributed by atoms with Gasteiger partial charge in [-0.05, 0) is 37.5 Å². The first kappa shape index (κ1) is 14.6. The average molecular weight is 306 g/mol. The molecule has 0 spiro atoms. The van der Waals surface area contributed by atoms with Crippen molar-refractivity contribution in [2.45, 2.75) is 39.2 Å². The van der Waals surface area contributed by atoms with Gasteiger partial charge in [-0.15, -0.1) is 0 Å². The lowest BCUT2D eigenvalue weighted by molar-refractivity contribution is 0.0204. The van der Waals surface area contributed by atoms with Crippen LogP contribution < -0.4 is 5.32 Å². The maximum absolute atomic E-state index is 12.7. The van der Waals surface area contributed by atoms with E-state index < -0.39 is 5.92 Å². The Morgan fingerprint density at radius 1 is 1.41 bits per heavy atom. The van der Waals surface area contributed by atoms with Gasteiger partial charge in [0, 0.05) is 17.4 Å². The molecule has 0 bridgehead atoms. The van der Waals surface area contributed by atoms with E-state index in [4.69, 9.17) is 0 Å². The molecule has 0 unspecified atom stereocenters. The van der Waals surface area contributed by atoms with Gasteiger partial charge < -0.3 is 5.32 Å². The molecular weight excluding hydrogens is 288 g/mol. The van der Waals surface area contributed by atoms with Gasteiger partial charge in [-0.2, -0.15) is 0 Å². The normalized spacial score (nSPS) is 13.8. The van der Waals surface area contributed by atoms with Crippen molar-refractivity contribution in [2.24, 2.45) is 0 Å². The standard InChI is InChI=1S/C13H18BrF2N/c1-9(17-8-13(3,15)16)7-11-5-4-6-12(14)10(11)2/h4-6,9,17H,7-8H2,1-3H3/t9-/m1/s1. The molecule has 0 aliphatic heterocycles. The molecule has 1 aromatic rings. The third-order valence-electron chi connectivity index (χ3n) is 2.67. The lowest BCUT2D eigenvalue weighted by Gasteiger charge is -2.18.